The van der Waals surface area contributed by atoms with E-state index in [0.717, 1.165) is 51.2 Å². The summed E-state index contributed by atoms with van der Waals surface area (Å²) in [5, 5.41) is 6.93. The number of guanidine groups is 1. The average molecular weight is 361 g/mol. The third-order valence-corrected chi connectivity index (χ3v) is 5.26. The number of likely N-dealkylation sites (tertiary alicyclic amines) is 1. The van der Waals surface area contributed by atoms with E-state index in [-0.39, 0.29) is 0 Å². The number of hydrogen-bond acceptors (Lipinski definition) is 5. The molecule has 0 aromatic carbocycles. The average Bonchev–Trinajstić information content (AvgIpc) is 3.16. The normalized spacial score (nSPS) is 21.8. The highest BCUT2D eigenvalue weighted by Gasteiger charge is 2.23. The smallest absolute Gasteiger partial charge is 0.191 e. The molecule has 3 heterocycles. The SMILES string of the molecule is CCN1CCCC1CNC(=NC)NCc1cccnc1N1CCOCC1. The molecule has 1 atom stereocenters. The van der Waals surface area contributed by atoms with Crippen LogP contribution in [0.25, 0.3) is 0 Å². The molecule has 0 amide bonds. The first kappa shape index (κ1) is 18.9. The van der Waals surface area contributed by atoms with E-state index in [4.69, 9.17) is 4.74 Å². The fourth-order valence-electron chi connectivity index (χ4n) is 3.78. The minimum atomic E-state index is 0.612. The van der Waals surface area contributed by atoms with Gasteiger partial charge in [-0.1, -0.05) is 13.0 Å². The lowest BCUT2D eigenvalue weighted by molar-refractivity contribution is 0.122. The number of nitrogens with one attached hydrogen (secondary N) is 2. The van der Waals surface area contributed by atoms with Gasteiger partial charge >= 0.3 is 0 Å². The summed E-state index contributed by atoms with van der Waals surface area (Å²) in [4.78, 5) is 13.8. The van der Waals surface area contributed by atoms with E-state index in [1.54, 1.807) is 0 Å². The van der Waals surface area contributed by atoms with Crippen molar-refractivity contribution in [3.8, 4) is 0 Å². The van der Waals surface area contributed by atoms with Gasteiger partial charge < -0.3 is 20.3 Å². The zero-order valence-electron chi connectivity index (χ0n) is 16.1. The highest BCUT2D eigenvalue weighted by molar-refractivity contribution is 5.79. The van der Waals surface area contributed by atoms with Crippen molar-refractivity contribution in [2.24, 2.45) is 4.99 Å². The van der Waals surface area contributed by atoms with E-state index in [1.807, 2.05) is 19.3 Å². The second-order valence-corrected chi connectivity index (χ2v) is 6.82. The van der Waals surface area contributed by atoms with Crippen LogP contribution in [0.3, 0.4) is 0 Å². The van der Waals surface area contributed by atoms with Crippen LogP contribution in [0.15, 0.2) is 23.3 Å². The molecule has 144 valence electrons. The third kappa shape index (κ3) is 4.86. The fraction of sp³-hybridized carbons (Fsp3) is 0.684. The van der Waals surface area contributed by atoms with E-state index in [9.17, 15) is 0 Å². The molecular weight excluding hydrogens is 328 g/mol. The highest BCUT2D eigenvalue weighted by atomic mass is 16.5. The molecule has 0 aliphatic carbocycles. The van der Waals surface area contributed by atoms with Gasteiger partial charge in [-0.3, -0.25) is 9.89 Å². The zero-order chi connectivity index (χ0) is 18.2. The molecule has 7 nitrogen and oxygen atoms in total. The van der Waals surface area contributed by atoms with Crippen LogP contribution in [-0.2, 0) is 11.3 Å². The van der Waals surface area contributed by atoms with Crippen molar-refractivity contribution < 1.29 is 4.74 Å². The van der Waals surface area contributed by atoms with Gasteiger partial charge in [-0.2, -0.15) is 0 Å². The molecule has 0 saturated carbocycles. The lowest BCUT2D eigenvalue weighted by atomic mass is 10.2. The molecule has 0 spiro atoms. The summed E-state index contributed by atoms with van der Waals surface area (Å²) in [6.45, 7) is 9.55. The fourth-order valence-corrected chi connectivity index (χ4v) is 3.78. The van der Waals surface area contributed by atoms with E-state index >= 15 is 0 Å². The number of rotatable bonds is 6. The first-order valence-electron chi connectivity index (χ1n) is 9.77. The Bertz CT molecular complexity index is 587. The summed E-state index contributed by atoms with van der Waals surface area (Å²) in [6, 6.07) is 4.74. The lowest BCUT2D eigenvalue weighted by Crippen LogP contribution is -2.44. The number of aliphatic imine (C=N–C) groups is 1. The molecule has 0 radical (unpaired) electrons. The van der Waals surface area contributed by atoms with Crippen LogP contribution in [0.2, 0.25) is 0 Å². The number of hydrogen-bond donors (Lipinski definition) is 2. The van der Waals surface area contributed by atoms with E-state index in [0.29, 0.717) is 12.6 Å². The Kier molecular flexibility index (Phi) is 7.08. The van der Waals surface area contributed by atoms with Crippen molar-refractivity contribution in [2.45, 2.75) is 32.4 Å². The van der Waals surface area contributed by atoms with E-state index in [2.05, 4.69) is 43.4 Å². The molecule has 3 rings (SSSR count). The van der Waals surface area contributed by atoms with Crippen LogP contribution in [0.5, 0.6) is 0 Å². The molecule has 1 aromatic heterocycles. The number of aromatic nitrogens is 1. The molecule has 2 fully saturated rings. The first-order valence-corrected chi connectivity index (χ1v) is 9.77. The van der Waals surface area contributed by atoms with Gasteiger partial charge in [-0.05, 0) is 32.0 Å². The van der Waals surface area contributed by atoms with Crippen LogP contribution in [0.1, 0.15) is 25.3 Å². The second kappa shape index (κ2) is 9.73. The number of pyridine rings is 1. The molecular formula is C19H32N6O. The Labute approximate surface area is 156 Å². The summed E-state index contributed by atoms with van der Waals surface area (Å²) in [6.07, 6.45) is 4.42. The standard InChI is InChI=1S/C19H32N6O/c1-3-24-9-5-7-17(24)15-23-19(20-2)22-14-16-6-4-8-21-18(16)25-10-12-26-13-11-25/h4,6,8,17H,3,5,7,9-15H2,1-2H3,(H2,20,22,23). The summed E-state index contributed by atoms with van der Waals surface area (Å²) in [5.74, 6) is 1.90. The van der Waals surface area contributed by atoms with Crippen molar-refractivity contribution in [1.82, 2.24) is 20.5 Å². The van der Waals surface area contributed by atoms with Crippen LogP contribution >= 0.6 is 0 Å². The number of likely N-dealkylation sites (N-methyl/N-ethyl adjacent to an activating group) is 1. The minimum absolute atomic E-state index is 0.612. The van der Waals surface area contributed by atoms with Crippen LogP contribution in [0, 0.1) is 0 Å². The quantitative estimate of drug-likeness (QED) is 0.584. The maximum Gasteiger partial charge on any atom is 0.191 e. The molecule has 1 aromatic rings. The molecule has 26 heavy (non-hydrogen) atoms. The molecule has 2 aliphatic rings. The summed E-state index contributed by atoms with van der Waals surface area (Å²) < 4.78 is 5.46. The van der Waals surface area contributed by atoms with Gasteiger partial charge in [-0.15, -0.1) is 0 Å². The molecule has 7 heteroatoms. The Morgan fingerprint density at radius 2 is 2.15 bits per heavy atom. The van der Waals surface area contributed by atoms with Gasteiger partial charge in [-0.25, -0.2) is 4.98 Å². The van der Waals surface area contributed by atoms with E-state index < -0.39 is 0 Å². The maximum absolute atomic E-state index is 5.46. The first-order chi connectivity index (χ1) is 12.8. The van der Waals surface area contributed by atoms with Gasteiger partial charge in [0.15, 0.2) is 5.96 Å². The maximum atomic E-state index is 5.46. The van der Waals surface area contributed by atoms with Crippen molar-refractivity contribution in [1.29, 1.82) is 0 Å². The van der Waals surface area contributed by atoms with Gasteiger partial charge in [0.05, 0.1) is 13.2 Å². The second-order valence-electron chi connectivity index (χ2n) is 6.82. The monoisotopic (exact) mass is 360 g/mol. The van der Waals surface area contributed by atoms with Gasteiger partial charge in [0, 0.05) is 51.0 Å². The van der Waals surface area contributed by atoms with Gasteiger partial charge in [0.2, 0.25) is 0 Å². The summed E-state index contributed by atoms with van der Waals surface area (Å²) in [7, 11) is 1.83. The third-order valence-electron chi connectivity index (χ3n) is 5.26. The lowest BCUT2D eigenvalue weighted by Gasteiger charge is -2.29. The molecule has 2 N–H and O–H groups in total. The van der Waals surface area contributed by atoms with Gasteiger partial charge in [0.25, 0.3) is 0 Å². The van der Waals surface area contributed by atoms with Crippen LogP contribution in [-0.4, -0.2) is 74.9 Å². The van der Waals surface area contributed by atoms with Crippen LogP contribution in [0.4, 0.5) is 5.82 Å². The van der Waals surface area contributed by atoms with Crippen LogP contribution < -0.4 is 15.5 Å². The molecule has 2 aliphatic heterocycles. The molecule has 2 saturated heterocycles. The Balaban J connectivity index is 1.54. The summed E-state index contributed by atoms with van der Waals surface area (Å²) in [5.41, 5.74) is 1.19. The Morgan fingerprint density at radius 3 is 2.92 bits per heavy atom. The number of morpholine rings is 1. The molecule has 0 bridgehead atoms. The minimum Gasteiger partial charge on any atom is -0.378 e. The Morgan fingerprint density at radius 1 is 1.31 bits per heavy atom. The number of anilines is 1. The van der Waals surface area contributed by atoms with Crippen molar-refractivity contribution in [3.05, 3.63) is 23.9 Å². The van der Waals surface area contributed by atoms with Crippen molar-refractivity contribution in [2.75, 3.05) is 57.9 Å². The molecule has 1 unspecified atom stereocenters. The van der Waals surface area contributed by atoms with E-state index in [1.165, 1.54) is 24.9 Å². The predicted molar refractivity (Wildman–Crippen MR) is 106 cm³/mol. The topological polar surface area (TPSA) is 65.0 Å². The highest BCUT2D eigenvalue weighted by Crippen LogP contribution is 2.18. The number of ether oxygens (including phenoxy) is 1. The van der Waals surface area contributed by atoms with Gasteiger partial charge in [0.1, 0.15) is 5.82 Å². The summed E-state index contributed by atoms with van der Waals surface area (Å²) >= 11 is 0. The number of nitrogens with zero attached hydrogens (tertiary/aromatic N) is 4. The zero-order valence-corrected chi connectivity index (χ0v) is 16.1. The van der Waals surface area contributed by atoms with Crippen molar-refractivity contribution in [3.63, 3.8) is 0 Å². The largest absolute Gasteiger partial charge is 0.378 e. The predicted octanol–water partition coefficient (Wildman–Crippen LogP) is 1.07. The Hall–Kier alpha value is -1.86. The van der Waals surface area contributed by atoms with Crippen molar-refractivity contribution >= 4 is 11.8 Å².